The van der Waals surface area contributed by atoms with Gasteiger partial charge in [0.2, 0.25) is 8.27 Å². The highest BCUT2D eigenvalue weighted by Crippen LogP contribution is 2.14. The molecule has 1 rings (SSSR count). The summed E-state index contributed by atoms with van der Waals surface area (Å²) in [5, 5.41) is 0. The highest BCUT2D eigenvalue weighted by Gasteiger charge is 2.05. The molecule has 0 heterocycles. The summed E-state index contributed by atoms with van der Waals surface area (Å²) >= 11 is 2.54. The topological polar surface area (TPSA) is 34.1 Å². The van der Waals surface area contributed by atoms with Gasteiger partial charge in [0.15, 0.2) is 0 Å². The molecule has 0 aliphatic rings. The second-order valence-electron chi connectivity index (χ2n) is 1.68. The predicted octanol–water partition coefficient (Wildman–Crippen LogP) is 1.57. The van der Waals surface area contributed by atoms with Gasteiger partial charge in [0.1, 0.15) is 0 Å². The van der Waals surface area contributed by atoms with E-state index in [1.165, 1.54) is 12.1 Å². The van der Waals surface area contributed by atoms with Crippen LogP contribution < -0.4 is 0 Å². The normalized spacial score (nSPS) is 11.3. The number of halogens is 1. The number of benzene rings is 1. The Morgan fingerprint density at radius 3 is 2.50 bits per heavy atom. The Morgan fingerprint density at radius 2 is 2.20 bits per heavy atom. The van der Waals surface area contributed by atoms with Gasteiger partial charge in [0.25, 0.3) is 0 Å². The van der Waals surface area contributed by atoms with Gasteiger partial charge in [-0.2, -0.15) is 0 Å². The molecule has 1 aromatic rings. The van der Waals surface area contributed by atoms with Gasteiger partial charge in [0.05, 0.1) is 19.7 Å². The van der Waals surface area contributed by atoms with Crippen molar-refractivity contribution in [3.8, 4) is 0 Å². The van der Waals surface area contributed by atoms with Crippen molar-refractivity contribution in [2.24, 2.45) is 0 Å². The molecule has 4 heteroatoms. The molecule has 0 atom stereocenters. The van der Waals surface area contributed by atoms with E-state index in [1.54, 1.807) is 12.1 Å². The summed E-state index contributed by atoms with van der Waals surface area (Å²) in [4.78, 5) is 0.231. The molecule has 0 fully saturated rings. The molecule has 0 spiro atoms. The van der Waals surface area contributed by atoms with Gasteiger partial charge in [-0.1, -0.05) is 12.1 Å². The van der Waals surface area contributed by atoms with E-state index in [0.717, 1.165) is 0 Å². The number of hydrogen-bond acceptors (Lipinski definition) is 2. The van der Waals surface area contributed by atoms with Gasteiger partial charge in [-0.3, -0.25) is 0 Å². The molecule has 0 aromatic heterocycles. The zero-order valence-corrected chi connectivity index (χ0v) is 7.31. The zero-order valence-electron chi connectivity index (χ0n) is 4.91. The van der Waals surface area contributed by atoms with Gasteiger partial charge in [-0.05, 0) is 18.2 Å². The van der Waals surface area contributed by atoms with Crippen LogP contribution in [0, 0.1) is 6.07 Å². The third kappa shape index (κ3) is 1.82. The predicted molar refractivity (Wildman–Crippen MR) is 41.4 cm³/mol. The second-order valence-corrected chi connectivity index (χ2v) is 5.58. The first kappa shape index (κ1) is 7.75. The zero-order chi connectivity index (χ0) is 7.61. The van der Waals surface area contributed by atoms with Gasteiger partial charge in [-0.25, -0.2) is 8.42 Å². The Morgan fingerprint density at radius 1 is 1.50 bits per heavy atom. The van der Waals surface area contributed by atoms with E-state index in [1.807, 2.05) is 0 Å². The van der Waals surface area contributed by atoms with Crippen LogP contribution >= 0.6 is 14.8 Å². The first-order valence-electron chi connectivity index (χ1n) is 2.51. The quantitative estimate of drug-likeness (QED) is 0.673. The van der Waals surface area contributed by atoms with E-state index in [-0.39, 0.29) is 4.90 Å². The van der Waals surface area contributed by atoms with Gasteiger partial charge in [0, 0.05) is 0 Å². The average Bonchev–Trinajstić information content (AvgIpc) is 1.88. The maximum absolute atomic E-state index is 10.7. The Kier molecular flexibility index (Phi) is 2.11. The number of rotatable bonds is 1. The molecule has 0 bridgehead atoms. The smallest absolute Gasteiger partial charge is 0.212 e. The molecule has 1 radical (unpaired) electrons. The van der Waals surface area contributed by atoms with E-state index in [9.17, 15) is 8.42 Å². The third-order valence-electron chi connectivity index (χ3n) is 0.960. The molecule has 0 aliphatic heterocycles. The van der Waals surface area contributed by atoms with Crippen LogP contribution in [0.1, 0.15) is 0 Å². The molecular formula is C6H4BrO2S. The SMILES string of the molecule is O=S(=O)(Br)c1c[c]ccc1. The summed E-state index contributed by atoms with van der Waals surface area (Å²) in [5.74, 6) is 0. The number of hydrogen-bond donors (Lipinski definition) is 0. The highest BCUT2D eigenvalue weighted by molar-refractivity contribution is 9.47. The fourth-order valence-corrected chi connectivity index (χ4v) is 1.58. The van der Waals surface area contributed by atoms with Crippen molar-refractivity contribution in [3.05, 3.63) is 30.3 Å². The van der Waals surface area contributed by atoms with Crippen molar-refractivity contribution in [2.75, 3.05) is 0 Å². The Bertz CT molecular complexity index is 304. The van der Waals surface area contributed by atoms with Gasteiger partial charge >= 0.3 is 0 Å². The van der Waals surface area contributed by atoms with Crippen molar-refractivity contribution in [1.29, 1.82) is 0 Å². The maximum Gasteiger partial charge on any atom is 0.237 e. The van der Waals surface area contributed by atoms with Crippen molar-refractivity contribution in [2.45, 2.75) is 4.90 Å². The molecule has 53 valence electrons. The summed E-state index contributed by atoms with van der Waals surface area (Å²) in [6.45, 7) is 0. The van der Waals surface area contributed by atoms with Crippen LogP contribution in [-0.4, -0.2) is 8.42 Å². The molecule has 10 heavy (non-hydrogen) atoms. The van der Waals surface area contributed by atoms with Crippen LogP contribution in [0.3, 0.4) is 0 Å². The molecule has 0 N–H and O–H groups in total. The summed E-state index contributed by atoms with van der Waals surface area (Å²) in [6.07, 6.45) is 0. The molecule has 1 aromatic carbocycles. The molecular weight excluding hydrogens is 216 g/mol. The van der Waals surface area contributed by atoms with Crippen molar-refractivity contribution in [1.82, 2.24) is 0 Å². The Labute approximate surface area is 67.0 Å². The van der Waals surface area contributed by atoms with Gasteiger partial charge < -0.3 is 0 Å². The minimum Gasteiger partial charge on any atom is -0.212 e. The summed E-state index contributed by atoms with van der Waals surface area (Å²) in [6, 6.07) is 8.83. The fraction of sp³-hybridized carbons (Fsp3) is 0. The second kappa shape index (κ2) is 2.72. The molecule has 0 unspecified atom stereocenters. The third-order valence-corrected chi connectivity index (χ3v) is 2.90. The lowest BCUT2D eigenvalue weighted by Crippen LogP contribution is -1.87. The van der Waals surface area contributed by atoms with Crippen LogP contribution in [0.25, 0.3) is 0 Å². The minimum absolute atomic E-state index is 0.231. The van der Waals surface area contributed by atoms with Crippen LogP contribution in [0.4, 0.5) is 0 Å². The van der Waals surface area contributed by atoms with Crippen molar-refractivity contribution in [3.63, 3.8) is 0 Å². The van der Waals surface area contributed by atoms with Crippen LogP contribution in [0.5, 0.6) is 0 Å². The lowest BCUT2D eigenvalue weighted by Gasteiger charge is -1.91. The summed E-state index contributed by atoms with van der Waals surface area (Å²) in [7, 11) is -3.22. The van der Waals surface area contributed by atoms with Crippen LogP contribution in [0.15, 0.2) is 29.2 Å². The Hall–Kier alpha value is -0.350. The van der Waals surface area contributed by atoms with Crippen LogP contribution in [0.2, 0.25) is 0 Å². The lowest BCUT2D eigenvalue weighted by molar-refractivity contribution is 0.611. The largest absolute Gasteiger partial charge is 0.237 e. The standard InChI is InChI=1S/C6H4BrO2S/c7-10(8,9)6-4-2-1-3-5-6/h1-2,4-5H. The summed E-state index contributed by atoms with van der Waals surface area (Å²) in [5.41, 5.74) is 0. The van der Waals surface area contributed by atoms with E-state index in [0.29, 0.717) is 0 Å². The molecule has 0 saturated carbocycles. The lowest BCUT2D eigenvalue weighted by atomic mass is 10.4. The highest BCUT2D eigenvalue weighted by atomic mass is 79.9. The van der Waals surface area contributed by atoms with E-state index < -0.39 is 8.27 Å². The maximum atomic E-state index is 10.7. The van der Waals surface area contributed by atoms with Crippen molar-refractivity contribution < 1.29 is 8.42 Å². The van der Waals surface area contributed by atoms with E-state index in [4.69, 9.17) is 0 Å². The fourth-order valence-electron chi connectivity index (χ4n) is 0.529. The van der Waals surface area contributed by atoms with E-state index >= 15 is 0 Å². The first-order chi connectivity index (χ1) is 4.61. The first-order valence-corrected chi connectivity index (χ1v) is 5.84. The van der Waals surface area contributed by atoms with Crippen molar-refractivity contribution >= 4 is 23.1 Å². The van der Waals surface area contributed by atoms with Crippen LogP contribution in [-0.2, 0) is 8.27 Å². The van der Waals surface area contributed by atoms with Gasteiger partial charge in [-0.15, -0.1) is 0 Å². The molecule has 2 nitrogen and oxygen atoms in total. The monoisotopic (exact) mass is 219 g/mol. The Balaban J connectivity index is 3.22. The molecule has 0 aliphatic carbocycles. The minimum atomic E-state index is -3.22. The van der Waals surface area contributed by atoms with E-state index in [2.05, 4.69) is 20.9 Å². The molecule has 0 saturated heterocycles. The average molecular weight is 220 g/mol. The summed E-state index contributed by atoms with van der Waals surface area (Å²) < 4.78 is 21.5. The molecule has 0 amide bonds.